The molecular formula is C19H28N4. The Bertz CT molecular complexity index is 645. The molecule has 0 saturated carbocycles. The Kier molecular flexibility index (Phi) is 5.11. The number of anilines is 1. The SMILES string of the molecule is Cc1nccc2nc(NCCCN3C(C)CCCC3C)ccc12. The van der Waals surface area contributed by atoms with Crippen molar-refractivity contribution in [2.45, 2.75) is 58.5 Å². The van der Waals surface area contributed by atoms with Gasteiger partial charge in [0.05, 0.1) is 5.52 Å². The Morgan fingerprint density at radius 2 is 1.96 bits per heavy atom. The van der Waals surface area contributed by atoms with Gasteiger partial charge in [-0.3, -0.25) is 9.88 Å². The summed E-state index contributed by atoms with van der Waals surface area (Å²) in [5.41, 5.74) is 2.05. The zero-order valence-electron chi connectivity index (χ0n) is 14.5. The molecule has 3 heterocycles. The molecule has 0 aromatic carbocycles. The highest BCUT2D eigenvalue weighted by atomic mass is 15.2. The number of hydrogen-bond acceptors (Lipinski definition) is 4. The van der Waals surface area contributed by atoms with Crippen LogP contribution in [-0.4, -0.2) is 40.0 Å². The second-order valence-corrected chi connectivity index (χ2v) is 6.81. The number of piperidine rings is 1. The van der Waals surface area contributed by atoms with Gasteiger partial charge in [-0.15, -0.1) is 0 Å². The average Bonchev–Trinajstić information content (AvgIpc) is 2.54. The van der Waals surface area contributed by atoms with E-state index in [0.717, 1.165) is 47.5 Å². The summed E-state index contributed by atoms with van der Waals surface area (Å²) in [5, 5.41) is 4.60. The molecule has 0 amide bonds. The first-order chi connectivity index (χ1) is 11.1. The van der Waals surface area contributed by atoms with Crippen molar-refractivity contribution in [3.8, 4) is 0 Å². The zero-order valence-corrected chi connectivity index (χ0v) is 14.5. The summed E-state index contributed by atoms with van der Waals surface area (Å²) >= 11 is 0. The molecule has 2 unspecified atom stereocenters. The monoisotopic (exact) mass is 312 g/mol. The van der Waals surface area contributed by atoms with Crippen molar-refractivity contribution in [3.63, 3.8) is 0 Å². The van der Waals surface area contributed by atoms with Gasteiger partial charge in [-0.25, -0.2) is 4.98 Å². The molecule has 0 aliphatic carbocycles. The van der Waals surface area contributed by atoms with Gasteiger partial charge < -0.3 is 5.32 Å². The molecule has 1 aliphatic heterocycles. The van der Waals surface area contributed by atoms with Crippen molar-refractivity contribution < 1.29 is 0 Å². The van der Waals surface area contributed by atoms with Crippen molar-refractivity contribution in [1.29, 1.82) is 0 Å². The Labute approximate surface area is 139 Å². The van der Waals surface area contributed by atoms with Gasteiger partial charge in [-0.2, -0.15) is 0 Å². The van der Waals surface area contributed by atoms with E-state index < -0.39 is 0 Å². The van der Waals surface area contributed by atoms with Crippen molar-refractivity contribution >= 4 is 16.7 Å². The van der Waals surface area contributed by atoms with Crippen LogP contribution in [-0.2, 0) is 0 Å². The minimum Gasteiger partial charge on any atom is -0.370 e. The highest BCUT2D eigenvalue weighted by Gasteiger charge is 2.23. The second-order valence-electron chi connectivity index (χ2n) is 6.81. The van der Waals surface area contributed by atoms with Crippen LogP contribution in [0.4, 0.5) is 5.82 Å². The first kappa shape index (κ1) is 16.2. The van der Waals surface area contributed by atoms with E-state index in [4.69, 9.17) is 0 Å². The fourth-order valence-electron chi connectivity index (χ4n) is 3.69. The number of rotatable bonds is 5. The van der Waals surface area contributed by atoms with Gasteiger partial charge in [-0.1, -0.05) is 6.42 Å². The predicted molar refractivity (Wildman–Crippen MR) is 96.9 cm³/mol. The number of aryl methyl sites for hydroxylation is 1. The van der Waals surface area contributed by atoms with E-state index in [0.29, 0.717) is 0 Å². The molecule has 2 aromatic rings. The number of hydrogen-bond donors (Lipinski definition) is 1. The topological polar surface area (TPSA) is 41.1 Å². The minimum absolute atomic E-state index is 0.730. The molecule has 124 valence electrons. The van der Waals surface area contributed by atoms with E-state index in [2.05, 4.69) is 46.2 Å². The Morgan fingerprint density at radius 1 is 1.17 bits per heavy atom. The molecule has 2 atom stereocenters. The molecule has 1 saturated heterocycles. The van der Waals surface area contributed by atoms with E-state index in [1.54, 1.807) is 0 Å². The van der Waals surface area contributed by atoms with Crippen LogP contribution in [0.25, 0.3) is 10.9 Å². The molecule has 2 aromatic heterocycles. The molecule has 0 bridgehead atoms. The third kappa shape index (κ3) is 3.81. The van der Waals surface area contributed by atoms with Gasteiger partial charge in [0.25, 0.3) is 0 Å². The van der Waals surface area contributed by atoms with Crippen LogP contribution in [0.1, 0.15) is 45.2 Å². The summed E-state index contributed by atoms with van der Waals surface area (Å²) < 4.78 is 0. The molecule has 23 heavy (non-hydrogen) atoms. The molecule has 4 nitrogen and oxygen atoms in total. The van der Waals surface area contributed by atoms with Crippen molar-refractivity contribution in [2.75, 3.05) is 18.4 Å². The van der Waals surface area contributed by atoms with Crippen LogP contribution < -0.4 is 5.32 Å². The van der Waals surface area contributed by atoms with E-state index in [-0.39, 0.29) is 0 Å². The molecule has 0 radical (unpaired) electrons. The minimum atomic E-state index is 0.730. The highest BCUT2D eigenvalue weighted by Crippen LogP contribution is 2.22. The summed E-state index contributed by atoms with van der Waals surface area (Å²) in [4.78, 5) is 11.7. The molecule has 3 rings (SSSR count). The maximum atomic E-state index is 4.69. The number of aromatic nitrogens is 2. The lowest BCUT2D eigenvalue weighted by Gasteiger charge is -2.39. The molecule has 4 heteroatoms. The third-order valence-corrected chi connectivity index (χ3v) is 5.09. The second kappa shape index (κ2) is 7.26. The summed E-state index contributed by atoms with van der Waals surface area (Å²) in [6.45, 7) is 8.90. The smallest absolute Gasteiger partial charge is 0.126 e. The highest BCUT2D eigenvalue weighted by molar-refractivity contribution is 5.81. The number of fused-ring (bicyclic) bond motifs is 1. The van der Waals surface area contributed by atoms with Gasteiger partial charge in [0, 0.05) is 42.5 Å². The van der Waals surface area contributed by atoms with Crippen LogP contribution in [0.2, 0.25) is 0 Å². The maximum absolute atomic E-state index is 4.69. The third-order valence-electron chi connectivity index (χ3n) is 5.09. The standard InChI is InChI=1S/C19H28N4/c1-14-6-4-7-15(2)23(14)13-5-11-21-19-9-8-17-16(3)20-12-10-18(17)22-19/h8-10,12,14-15H,4-7,11,13H2,1-3H3,(H,21,22). The van der Waals surface area contributed by atoms with Crippen LogP contribution in [0.3, 0.4) is 0 Å². The predicted octanol–water partition coefficient (Wildman–Crippen LogP) is 4.00. The number of nitrogens with zero attached hydrogens (tertiary/aromatic N) is 3. The number of nitrogens with one attached hydrogen (secondary N) is 1. The quantitative estimate of drug-likeness (QED) is 0.847. The number of likely N-dealkylation sites (tertiary alicyclic amines) is 1. The van der Waals surface area contributed by atoms with Crippen LogP contribution in [0, 0.1) is 6.92 Å². The largest absolute Gasteiger partial charge is 0.370 e. The fourth-order valence-corrected chi connectivity index (χ4v) is 3.69. The van der Waals surface area contributed by atoms with E-state index in [1.807, 2.05) is 19.2 Å². The fraction of sp³-hybridized carbons (Fsp3) is 0.579. The lowest BCUT2D eigenvalue weighted by atomic mass is 9.97. The van der Waals surface area contributed by atoms with Gasteiger partial charge in [-0.05, 0) is 58.2 Å². The zero-order chi connectivity index (χ0) is 16.2. The molecule has 0 spiro atoms. The first-order valence-electron chi connectivity index (χ1n) is 8.87. The van der Waals surface area contributed by atoms with Gasteiger partial charge >= 0.3 is 0 Å². The summed E-state index contributed by atoms with van der Waals surface area (Å²) in [6.07, 6.45) is 7.05. The van der Waals surface area contributed by atoms with E-state index in [9.17, 15) is 0 Å². The van der Waals surface area contributed by atoms with Gasteiger partial charge in [0.15, 0.2) is 0 Å². The normalized spacial score (nSPS) is 22.4. The lowest BCUT2D eigenvalue weighted by Crippen LogP contribution is -2.44. The molecule has 1 aliphatic rings. The van der Waals surface area contributed by atoms with Gasteiger partial charge in [0.2, 0.25) is 0 Å². The Hall–Kier alpha value is -1.68. The Balaban J connectivity index is 1.52. The van der Waals surface area contributed by atoms with Crippen LogP contribution in [0.15, 0.2) is 24.4 Å². The average molecular weight is 312 g/mol. The maximum Gasteiger partial charge on any atom is 0.126 e. The van der Waals surface area contributed by atoms with E-state index in [1.165, 1.54) is 25.8 Å². The first-order valence-corrected chi connectivity index (χ1v) is 8.87. The van der Waals surface area contributed by atoms with Crippen LogP contribution >= 0.6 is 0 Å². The lowest BCUT2D eigenvalue weighted by molar-refractivity contribution is 0.103. The summed E-state index contributed by atoms with van der Waals surface area (Å²) in [7, 11) is 0. The van der Waals surface area contributed by atoms with Gasteiger partial charge in [0.1, 0.15) is 5.82 Å². The number of pyridine rings is 2. The Morgan fingerprint density at radius 3 is 2.74 bits per heavy atom. The summed E-state index contributed by atoms with van der Waals surface area (Å²) in [5.74, 6) is 0.961. The van der Waals surface area contributed by atoms with Crippen molar-refractivity contribution in [2.24, 2.45) is 0 Å². The van der Waals surface area contributed by atoms with Crippen molar-refractivity contribution in [1.82, 2.24) is 14.9 Å². The summed E-state index contributed by atoms with van der Waals surface area (Å²) in [6, 6.07) is 7.61. The molecule has 1 fully saturated rings. The molecular weight excluding hydrogens is 284 g/mol. The van der Waals surface area contributed by atoms with Crippen LogP contribution in [0.5, 0.6) is 0 Å². The van der Waals surface area contributed by atoms with E-state index >= 15 is 0 Å². The van der Waals surface area contributed by atoms with Crippen molar-refractivity contribution in [3.05, 3.63) is 30.1 Å². The molecule has 1 N–H and O–H groups in total.